The van der Waals surface area contributed by atoms with E-state index in [9.17, 15) is 8.78 Å². The normalized spacial score (nSPS) is 10.6. The van der Waals surface area contributed by atoms with Crippen LogP contribution in [0.5, 0.6) is 11.6 Å². The van der Waals surface area contributed by atoms with Crippen LogP contribution < -0.4 is 10.5 Å². The first-order chi connectivity index (χ1) is 8.88. The van der Waals surface area contributed by atoms with Gasteiger partial charge in [0.2, 0.25) is 0 Å². The first-order valence-electron chi connectivity index (χ1n) is 5.75. The molecule has 1 heterocycles. The SMILES string of the molecule is Cc1cc(C)c(C)c(Oc2nc(N)c(F)cc2F)c1. The predicted molar refractivity (Wildman–Crippen MR) is 69.3 cm³/mol. The summed E-state index contributed by atoms with van der Waals surface area (Å²) in [5.74, 6) is -2.02. The molecule has 5 heteroatoms. The number of ether oxygens (including phenoxy) is 1. The van der Waals surface area contributed by atoms with Crippen molar-refractivity contribution >= 4 is 5.82 Å². The number of aromatic nitrogens is 1. The van der Waals surface area contributed by atoms with Crippen LogP contribution in [-0.2, 0) is 0 Å². The molecule has 0 spiro atoms. The van der Waals surface area contributed by atoms with Crippen LogP contribution >= 0.6 is 0 Å². The minimum Gasteiger partial charge on any atom is -0.436 e. The third-order valence-corrected chi connectivity index (χ3v) is 2.90. The molecule has 19 heavy (non-hydrogen) atoms. The number of hydrogen-bond donors (Lipinski definition) is 1. The summed E-state index contributed by atoms with van der Waals surface area (Å²) in [6.45, 7) is 5.69. The molecular weight excluding hydrogens is 250 g/mol. The highest BCUT2D eigenvalue weighted by atomic mass is 19.1. The second-order valence-electron chi connectivity index (χ2n) is 4.45. The van der Waals surface area contributed by atoms with E-state index >= 15 is 0 Å². The molecule has 2 aromatic rings. The average molecular weight is 264 g/mol. The number of pyridine rings is 1. The monoisotopic (exact) mass is 264 g/mol. The first kappa shape index (κ1) is 13.3. The third kappa shape index (κ3) is 2.65. The fourth-order valence-electron chi connectivity index (χ4n) is 1.75. The molecule has 3 nitrogen and oxygen atoms in total. The number of aryl methyl sites for hydroxylation is 2. The van der Waals surface area contributed by atoms with Crippen LogP contribution in [0.1, 0.15) is 16.7 Å². The van der Waals surface area contributed by atoms with E-state index in [4.69, 9.17) is 10.5 Å². The van der Waals surface area contributed by atoms with Crippen LogP contribution in [-0.4, -0.2) is 4.98 Å². The number of nitrogens with two attached hydrogens (primary N) is 1. The molecule has 0 aliphatic carbocycles. The Bertz CT molecular complexity index is 642. The Morgan fingerprint density at radius 3 is 2.42 bits per heavy atom. The summed E-state index contributed by atoms with van der Waals surface area (Å²) < 4.78 is 32.0. The molecule has 0 radical (unpaired) electrons. The van der Waals surface area contributed by atoms with Crippen LogP contribution in [0.15, 0.2) is 18.2 Å². The molecule has 2 N–H and O–H groups in total. The Morgan fingerprint density at radius 1 is 1.05 bits per heavy atom. The highest BCUT2D eigenvalue weighted by molar-refractivity contribution is 5.44. The highest BCUT2D eigenvalue weighted by Crippen LogP contribution is 2.29. The Balaban J connectivity index is 2.44. The first-order valence-corrected chi connectivity index (χ1v) is 5.75. The number of nitrogens with zero attached hydrogens (tertiary/aromatic N) is 1. The van der Waals surface area contributed by atoms with Crippen LogP contribution in [0.4, 0.5) is 14.6 Å². The molecular formula is C14H14F2N2O. The Hall–Kier alpha value is -2.17. The maximum Gasteiger partial charge on any atom is 0.258 e. The smallest absolute Gasteiger partial charge is 0.258 e. The topological polar surface area (TPSA) is 48.1 Å². The van der Waals surface area contributed by atoms with Crippen molar-refractivity contribution in [3.8, 4) is 11.6 Å². The van der Waals surface area contributed by atoms with Crippen molar-refractivity contribution < 1.29 is 13.5 Å². The number of rotatable bonds is 2. The van der Waals surface area contributed by atoms with Gasteiger partial charge in [0.25, 0.3) is 5.88 Å². The third-order valence-electron chi connectivity index (χ3n) is 2.90. The van der Waals surface area contributed by atoms with Gasteiger partial charge in [0.1, 0.15) is 5.75 Å². The van der Waals surface area contributed by atoms with Gasteiger partial charge in [-0.1, -0.05) is 6.07 Å². The highest BCUT2D eigenvalue weighted by Gasteiger charge is 2.13. The zero-order valence-electron chi connectivity index (χ0n) is 10.9. The number of benzene rings is 1. The molecule has 0 bridgehead atoms. The summed E-state index contributed by atoms with van der Waals surface area (Å²) in [7, 11) is 0. The molecule has 2 rings (SSSR count). The Kier molecular flexibility index (Phi) is 3.38. The van der Waals surface area contributed by atoms with Crippen LogP contribution in [0.2, 0.25) is 0 Å². The average Bonchev–Trinajstić information content (AvgIpc) is 2.32. The van der Waals surface area contributed by atoms with Crippen molar-refractivity contribution in [3.05, 3.63) is 46.5 Å². The summed E-state index contributed by atoms with van der Waals surface area (Å²) >= 11 is 0. The molecule has 0 saturated heterocycles. The zero-order valence-corrected chi connectivity index (χ0v) is 10.9. The molecule has 0 atom stereocenters. The van der Waals surface area contributed by atoms with Gasteiger partial charge in [-0.3, -0.25) is 0 Å². The number of halogens is 2. The van der Waals surface area contributed by atoms with Gasteiger partial charge in [0, 0.05) is 6.07 Å². The number of anilines is 1. The van der Waals surface area contributed by atoms with Gasteiger partial charge < -0.3 is 10.5 Å². The van der Waals surface area contributed by atoms with Crippen molar-refractivity contribution in [2.45, 2.75) is 20.8 Å². The van der Waals surface area contributed by atoms with Crippen LogP contribution in [0, 0.1) is 32.4 Å². The lowest BCUT2D eigenvalue weighted by Gasteiger charge is -2.12. The largest absolute Gasteiger partial charge is 0.436 e. The van der Waals surface area contributed by atoms with E-state index < -0.39 is 17.5 Å². The number of hydrogen-bond acceptors (Lipinski definition) is 3. The van der Waals surface area contributed by atoms with Crippen LogP contribution in [0.3, 0.4) is 0 Å². The maximum absolute atomic E-state index is 13.6. The molecule has 0 aliphatic rings. The van der Waals surface area contributed by atoms with Crippen LogP contribution in [0.25, 0.3) is 0 Å². The van der Waals surface area contributed by atoms with Gasteiger partial charge in [-0.05, 0) is 43.5 Å². The fourth-order valence-corrected chi connectivity index (χ4v) is 1.75. The maximum atomic E-state index is 13.6. The number of nitrogen functional groups attached to an aromatic ring is 1. The van der Waals surface area contributed by atoms with Crippen molar-refractivity contribution in [3.63, 3.8) is 0 Å². The molecule has 0 unspecified atom stereocenters. The summed E-state index contributed by atoms with van der Waals surface area (Å²) in [5.41, 5.74) is 8.18. The minimum atomic E-state index is -0.901. The van der Waals surface area contributed by atoms with Gasteiger partial charge in [0.05, 0.1) is 0 Å². The summed E-state index contributed by atoms with van der Waals surface area (Å²) in [5, 5.41) is 0. The summed E-state index contributed by atoms with van der Waals surface area (Å²) in [4.78, 5) is 3.57. The lowest BCUT2D eigenvalue weighted by molar-refractivity contribution is 0.415. The zero-order chi connectivity index (χ0) is 14.2. The van der Waals surface area contributed by atoms with Gasteiger partial charge in [-0.2, -0.15) is 4.98 Å². The molecule has 100 valence electrons. The molecule has 1 aromatic carbocycles. The van der Waals surface area contributed by atoms with Gasteiger partial charge in [0.15, 0.2) is 17.5 Å². The van der Waals surface area contributed by atoms with E-state index in [1.807, 2.05) is 26.8 Å². The van der Waals surface area contributed by atoms with Crippen molar-refractivity contribution in [2.75, 3.05) is 5.73 Å². The molecule has 1 aromatic heterocycles. The van der Waals surface area contributed by atoms with E-state index in [2.05, 4.69) is 4.98 Å². The standard InChI is InChI=1S/C14H14F2N2O/c1-7-4-8(2)9(3)12(5-7)19-14-11(16)6-10(15)13(17)18-14/h4-6H,1-3H3,(H2,17,18). The Labute approximate surface area is 110 Å². The van der Waals surface area contributed by atoms with Gasteiger partial charge in [-0.15, -0.1) is 0 Å². The van der Waals surface area contributed by atoms with Crippen molar-refractivity contribution in [2.24, 2.45) is 0 Å². The summed E-state index contributed by atoms with van der Waals surface area (Å²) in [6, 6.07) is 4.42. The van der Waals surface area contributed by atoms with Gasteiger partial charge in [-0.25, -0.2) is 8.78 Å². The predicted octanol–water partition coefficient (Wildman–Crippen LogP) is 3.66. The quantitative estimate of drug-likeness (QED) is 0.900. The van der Waals surface area contributed by atoms with E-state index in [1.54, 1.807) is 6.07 Å². The summed E-state index contributed by atoms with van der Waals surface area (Å²) in [6.07, 6.45) is 0. The van der Waals surface area contributed by atoms with E-state index in [-0.39, 0.29) is 5.88 Å². The fraction of sp³-hybridized carbons (Fsp3) is 0.214. The lowest BCUT2D eigenvalue weighted by Crippen LogP contribution is -2.01. The van der Waals surface area contributed by atoms with E-state index in [0.29, 0.717) is 11.8 Å². The van der Waals surface area contributed by atoms with E-state index in [0.717, 1.165) is 16.7 Å². The molecule has 0 fully saturated rings. The van der Waals surface area contributed by atoms with Crippen molar-refractivity contribution in [1.29, 1.82) is 0 Å². The minimum absolute atomic E-state index is 0.327. The van der Waals surface area contributed by atoms with E-state index in [1.165, 1.54) is 0 Å². The second-order valence-corrected chi connectivity index (χ2v) is 4.45. The van der Waals surface area contributed by atoms with Gasteiger partial charge >= 0.3 is 0 Å². The molecule has 0 saturated carbocycles. The lowest BCUT2D eigenvalue weighted by atomic mass is 10.1. The second kappa shape index (κ2) is 4.84. The Morgan fingerprint density at radius 2 is 1.74 bits per heavy atom. The molecule has 0 aliphatic heterocycles. The van der Waals surface area contributed by atoms with Crippen molar-refractivity contribution in [1.82, 2.24) is 4.98 Å². The molecule has 0 amide bonds.